The SMILES string of the molecule is CCC(NC(C)CCN(C)C)c1ccc(Cl)cc1Cl. The molecule has 1 N–H and O–H groups in total. The van der Waals surface area contributed by atoms with Crippen molar-refractivity contribution >= 4 is 23.2 Å². The number of nitrogens with zero attached hydrogens (tertiary/aromatic N) is 1. The smallest absolute Gasteiger partial charge is 0.0468 e. The van der Waals surface area contributed by atoms with Gasteiger partial charge in [0.15, 0.2) is 0 Å². The van der Waals surface area contributed by atoms with Gasteiger partial charge in [-0.3, -0.25) is 0 Å². The average Bonchev–Trinajstić information content (AvgIpc) is 2.34. The third-order valence-corrected chi connectivity index (χ3v) is 3.80. The molecule has 0 spiro atoms. The number of rotatable bonds is 7. The minimum Gasteiger partial charge on any atom is -0.309 e. The zero-order valence-corrected chi connectivity index (χ0v) is 13.7. The monoisotopic (exact) mass is 302 g/mol. The topological polar surface area (TPSA) is 15.3 Å². The molecule has 0 fully saturated rings. The quantitative estimate of drug-likeness (QED) is 0.804. The molecule has 19 heavy (non-hydrogen) atoms. The zero-order valence-electron chi connectivity index (χ0n) is 12.2. The van der Waals surface area contributed by atoms with Crippen LogP contribution in [0.3, 0.4) is 0 Å². The van der Waals surface area contributed by atoms with Crippen LogP contribution in [0.2, 0.25) is 10.0 Å². The van der Waals surface area contributed by atoms with Crippen LogP contribution in [-0.4, -0.2) is 31.6 Å². The highest BCUT2D eigenvalue weighted by Crippen LogP contribution is 2.28. The van der Waals surface area contributed by atoms with Crippen LogP contribution in [0.15, 0.2) is 18.2 Å². The van der Waals surface area contributed by atoms with E-state index in [-0.39, 0.29) is 6.04 Å². The fourth-order valence-corrected chi connectivity index (χ4v) is 2.63. The Morgan fingerprint density at radius 3 is 2.47 bits per heavy atom. The fraction of sp³-hybridized carbons (Fsp3) is 0.600. The van der Waals surface area contributed by atoms with E-state index in [0.717, 1.165) is 30.0 Å². The molecular weight excluding hydrogens is 279 g/mol. The fourth-order valence-electron chi connectivity index (χ4n) is 2.09. The molecule has 0 aliphatic heterocycles. The van der Waals surface area contributed by atoms with Crippen molar-refractivity contribution in [2.45, 2.75) is 38.8 Å². The highest BCUT2D eigenvalue weighted by molar-refractivity contribution is 6.35. The lowest BCUT2D eigenvalue weighted by Gasteiger charge is -2.24. The van der Waals surface area contributed by atoms with Gasteiger partial charge in [-0.2, -0.15) is 0 Å². The first-order chi connectivity index (χ1) is 8.93. The van der Waals surface area contributed by atoms with Crippen molar-refractivity contribution in [3.8, 4) is 0 Å². The predicted octanol–water partition coefficient (Wildman–Crippen LogP) is 4.37. The second-order valence-electron chi connectivity index (χ2n) is 5.29. The maximum atomic E-state index is 6.28. The van der Waals surface area contributed by atoms with Crippen molar-refractivity contribution in [1.29, 1.82) is 0 Å². The standard InChI is InChI=1S/C15H24Cl2N2/c1-5-15(18-11(2)8-9-19(3)4)13-7-6-12(16)10-14(13)17/h6-7,10-11,15,18H,5,8-9H2,1-4H3. The molecule has 1 aromatic rings. The Kier molecular flexibility index (Phi) is 7.16. The van der Waals surface area contributed by atoms with E-state index >= 15 is 0 Å². The summed E-state index contributed by atoms with van der Waals surface area (Å²) in [5, 5.41) is 5.07. The van der Waals surface area contributed by atoms with E-state index in [2.05, 4.69) is 38.2 Å². The Morgan fingerprint density at radius 2 is 1.95 bits per heavy atom. The van der Waals surface area contributed by atoms with E-state index < -0.39 is 0 Å². The van der Waals surface area contributed by atoms with Crippen LogP contribution in [0.5, 0.6) is 0 Å². The lowest BCUT2D eigenvalue weighted by Crippen LogP contribution is -2.33. The molecule has 0 aromatic heterocycles. The molecular formula is C15H24Cl2N2. The van der Waals surface area contributed by atoms with Crippen LogP contribution in [0.1, 0.15) is 38.3 Å². The Morgan fingerprint density at radius 1 is 1.26 bits per heavy atom. The molecule has 0 aliphatic carbocycles. The van der Waals surface area contributed by atoms with Crippen LogP contribution in [0, 0.1) is 0 Å². The number of nitrogens with one attached hydrogen (secondary N) is 1. The Bertz CT molecular complexity index is 394. The van der Waals surface area contributed by atoms with Gasteiger partial charge in [0.05, 0.1) is 0 Å². The molecule has 0 saturated carbocycles. The third kappa shape index (κ3) is 5.70. The Balaban J connectivity index is 2.67. The van der Waals surface area contributed by atoms with Crippen LogP contribution < -0.4 is 5.32 Å². The lowest BCUT2D eigenvalue weighted by molar-refractivity contribution is 0.347. The summed E-state index contributed by atoms with van der Waals surface area (Å²) >= 11 is 12.2. The largest absolute Gasteiger partial charge is 0.309 e. The molecule has 0 radical (unpaired) electrons. The van der Waals surface area contributed by atoms with Gasteiger partial charge in [-0.05, 0) is 58.1 Å². The van der Waals surface area contributed by atoms with Crippen molar-refractivity contribution in [1.82, 2.24) is 10.2 Å². The Hall–Kier alpha value is -0.280. The summed E-state index contributed by atoms with van der Waals surface area (Å²) in [6.07, 6.45) is 2.13. The molecule has 0 bridgehead atoms. The van der Waals surface area contributed by atoms with Crippen molar-refractivity contribution in [2.75, 3.05) is 20.6 Å². The molecule has 108 valence electrons. The second-order valence-corrected chi connectivity index (χ2v) is 6.13. The van der Waals surface area contributed by atoms with E-state index in [9.17, 15) is 0 Å². The van der Waals surface area contributed by atoms with E-state index in [1.165, 1.54) is 0 Å². The first-order valence-corrected chi connectivity index (χ1v) is 7.55. The van der Waals surface area contributed by atoms with Crippen LogP contribution in [0.4, 0.5) is 0 Å². The van der Waals surface area contributed by atoms with Gasteiger partial charge < -0.3 is 10.2 Å². The summed E-state index contributed by atoms with van der Waals surface area (Å²) in [4.78, 5) is 2.20. The number of benzene rings is 1. The molecule has 0 amide bonds. The van der Waals surface area contributed by atoms with Gasteiger partial charge in [0.25, 0.3) is 0 Å². The van der Waals surface area contributed by atoms with Crippen LogP contribution >= 0.6 is 23.2 Å². The van der Waals surface area contributed by atoms with Crippen molar-refractivity contribution in [2.24, 2.45) is 0 Å². The highest BCUT2D eigenvalue weighted by atomic mass is 35.5. The van der Waals surface area contributed by atoms with Gasteiger partial charge >= 0.3 is 0 Å². The van der Waals surface area contributed by atoms with Gasteiger partial charge in [0, 0.05) is 22.1 Å². The molecule has 1 aromatic carbocycles. The van der Waals surface area contributed by atoms with Crippen molar-refractivity contribution in [3.05, 3.63) is 33.8 Å². The van der Waals surface area contributed by atoms with Gasteiger partial charge in [-0.15, -0.1) is 0 Å². The lowest BCUT2D eigenvalue weighted by atomic mass is 10.0. The summed E-state index contributed by atoms with van der Waals surface area (Å²) in [5.74, 6) is 0. The van der Waals surface area contributed by atoms with Gasteiger partial charge in [0.2, 0.25) is 0 Å². The van der Waals surface area contributed by atoms with Gasteiger partial charge in [-0.1, -0.05) is 36.2 Å². The molecule has 4 heteroatoms. The second kappa shape index (κ2) is 8.11. The third-order valence-electron chi connectivity index (χ3n) is 3.24. The Labute approximate surface area is 127 Å². The minimum atomic E-state index is 0.280. The minimum absolute atomic E-state index is 0.280. The van der Waals surface area contributed by atoms with Crippen LogP contribution in [0.25, 0.3) is 0 Å². The number of halogens is 2. The van der Waals surface area contributed by atoms with Gasteiger partial charge in [0.1, 0.15) is 0 Å². The number of hydrogen-bond donors (Lipinski definition) is 1. The zero-order chi connectivity index (χ0) is 14.4. The molecule has 1 rings (SSSR count). The van der Waals surface area contributed by atoms with Crippen molar-refractivity contribution in [3.63, 3.8) is 0 Å². The molecule has 2 unspecified atom stereocenters. The highest BCUT2D eigenvalue weighted by Gasteiger charge is 2.15. The molecule has 0 saturated heterocycles. The first-order valence-electron chi connectivity index (χ1n) is 6.79. The maximum Gasteiger partial charge on any atom is 0.0468 e. The summed E-state index contributed by atoms with van der Waals surface area (Å²) in [6.45, 7) is 5.47. The maximum absolute atomic E-state index is 6.28. The first kappa shape index (κ1) is 16.8. The molecule has 2 atom stereocenters. The number of hydrogen-bond acceptors (Lipinski definition) is 2. The summed E-state index contributed by atoms with van der Waals surface area (Å²) in [6, 6.07) is 6.47. The normalized spacial score (nSPS) is 14.7. The van der Waals surface area contributed by atoms with E-state index in [1.54, 1.807) is 0 Å². The van der Waals surface area contributed by atoms with Crippen LogP contribution in [-0.2, 0) is 0 Å². The molecule has 0 aliphatic rings. The average molecular weight is 303 g/mol. The summed E-state index contributed by atoms with van der Waals surface area (Å²) in [7, 11) is 4.19. The summed E-state index contributed by atoms with van der Waals surface area (Å²) < 4.78 is 0. The van der Waals surface area contributed by atoms with E-state index in [1.807, 2.05) is 18.2 Å². The van der Waals surface area contributed by atoms with Crippen molar-refractivity contribution < 1.29 is 0 Å². The molecule has 2 nitrogen and oxygen atoms in total. The van der Waals surface area contributed by atoms with Gasteiger partial charge in [-0.25, -0.2) is 0 Å². The predicted molar refractivity (Wildman–Crippen MR) is 85.3 cm³/mol. The van der Waals surface area contributed by atoms with E-state index in [4.69, 9.17) is 23.2 Å². The van der Waals surface area contributed by atoms with E-state index in [0.29, 0.717) is 11.1 Å². The summed E-state index contributed by atoms with van der Waals surface area (Å²) in [5.41, 5.74) is 1.13. The molecule has 0 heterocycles.